The van der Waals surface area contributed by atoms with Crippen LogP contribution in [0.5, 0.6) is 0 Å². The van der Waals surface area contributed by atoms with Gasteiger partial charge in [-0.05, 0) is 54.2 Å². The second-order valence-corrected chi connectivity index (χ2v) is 11.0. The summed E-state index contributed by atoms with van der Waals surface area (Å²) in [5, 5.41) is 0. The molecule has 0 radical (unpaired) electrons. The SMILES string of the molecule is c1cnc2c(c1)CCCC2N(Cc1ccc(CN2CCSCC2)cc1)Cc1nc2ccccc2[nH]1. The Morgan fingerprint density at radius 3 is 2.63 bits per heavy atom. The topological polar surface area (TPSA) is 48.1 Å². The van der Waals surface area contributed by atoms with Gasteiger partial charge in [-0.25, -0.2) is 4.98 Å². The zero-order valence-corrected chi connectivity index (χ0v) is 21.0. The summed E-state index contributed by atoms with van der Waals surface area (Å²) in [6, 6.07) is 22.2. The lowest BCUT2D eigenvalue weighted by molar-refractivity contribution is 0.153. The number of hydrogen-bond donors (Lipinski definition) is 1. The Morgan fingerprint density at radius 1 is 0.943 bits per heavy atom. The Labute approximate surface area is 212 Å². The van der Waals surface area contributed by atoms with E-state index in [1.807, 2.05) is 6.20 Å². The molecule has 1 atom stereocenters. The van der Waals surface area contributed by atoms with Crippen LogP contribution in [0.3, 0.4) is 0 Å². The fourth-order valence-corrected chi connectivity index (χ4v) is 6.47. The molecule has 2 aromatic heterocycles. The molecule has 4 aromatic rings. The Hall–Kier alpha value is -2.67. The van der Waals surface area contributed by atoms with Crippen molar-refractivity contribution < 1.29 is 0 Å². The minimum absolute atomic E-state index is 0.304. The maximum absolute atomic E-state index is 4.90. The fraction of sp³-hybridized carbons (Fsp3) is 0.379. The number of nitrogens with zero attached hydrogens (tertiary/aromatic N) is 4. The third kappa shape index (κ3) is 5.30. The molecule has 0 bridgehead atoms. The van der Waals surface area contributed by atoms with Gasteiger partial charge in [0.25, 0.3) is 0 Å². The highest BCUT2D eigenvalue weighted by Crippen LogP contribution is 2.34. The number of para-hydroxylation sites is 2. The van der Waals surface area contributed by atoms with E-state index in [1.165, 1.54) is 53.4 Å². The van der Waals surface area contributed by atoms with Crippen LogP contribution in [0.15, 0.2) is 66.9 Å². The molecule has 0 saturated carbocycles. The first-order chi connectivity index (χ1) is 17.3. The minimum atomic E-state index is 0.304. The van der Waals surface area contributed by atoms with Crippen molar-refractivity contribution in [1.29, 1.82) is 0 Å². The Bertz CT molecular complexity index is 1230. The Kier molecular flexibility index (Phi) is 6.85. The summed E-state index contributed by atoms with van der Waals surface area (Å²) in [7, 11) is 0. The van der Waals surface area contributed by atoms with Crippen LogP contribution in [-0.4, -0.2) is 49.3 Å². The van der Waals surface area contributed by atoms with Crippen LogP contribution in [0.25, 0.3) is 11.0 Å². The van der Waals surface area contributed by atoms with E-state index in [0.717, 1.165) is 49.3 Å². The number of aromatic nitrogens is 3. The van der Waals surface area contributed by atoms with E-state index in [1.54, 1.807) is 0 Å². The predicted octanol–water partition coefficient (Wildman–Crippen LogP) is 5.59. The number of imidazole rings is 1. The highest BCUT2D eigenvalue weighted by molar-refractivity contribution is 7.99. The average Bonchev–Trinajstić information content (AvgIpc) is 3.32. The van der Waals surface area contributed by atoms with E-state index in [2.05, 4.69) is 87.2 Å². The summed E-state index contributed by atoms with van der Waals surface area (Å²) < 4.78 is 0. The molecule has 1 aliphatic heterocycles. The third-order valence-corrected chi connectivity index (χ3v) is 8.26. The summed E-state index contributed by atoms with van der Waals surface area (Å²) in [5.41, 5.74) is 7.54. The Balaban J connectivity index is 1.24. The van der Waals surface area contributed by atoms with E-state index in [-0.39, 0.29) is 0 Å². The van der Waals surface area contributed by atoms with Gasteiger partial charge in [0.15, 0.2) is 0 Å². The molecule has 1 aliphatic carbocycles. The molecule has 6 rings (SSSR count). The average molecular weight is 484 g/mol. The van der Waals surface area contributed by atoms with Gasteiger partial charge in [0.2, 0.25) is 0 Å². The molecule has 2 aliphatic rings. The maximum atomic E-state index is 4.90. The number of H-pyrrole nitrogens is 1. The summed E-state index contributed by atoms with van der Waals surface area (Å²) in [4.78, 5) is 18.4. The van der Waals surface area contributed by atoms with Crippen LogP contribution < -0.4 is 0 Å². The molecule has 1 saturated heterocycles. The van der Waals surface area contributed by atoms with Crippen molar-refractivity contribution in [3.8, 4) is 0 Å². The number of nitrogens with one attached hydrogen (secondary N) is 1. The van der Waals surface area contributed by atoms with Gasteiger partial charge >= 0.3 is 0 Å². The molecule has 35 heavy (non-hydrogen) atoms. The first-order valence-corrected chi connectivity index (χ1v) is 14.0. The second-order valence-electron chi connectivity index (χ2n) is 9.77. The normalized spacial score (nSPS) is 18.7. The zero-order valence-electron chi connectivity index (χ0n) is 20.2. The lowest BCUT2D eigenvalue weighted by atomic mass is 9.90. The summed E-state index contributed by atoms with van der Waals surface area (Å²) in [5.74, 6) is 3.53. The minimum Gasteiger partial charge on any atom is -0.341 e. The van der Waals surface area contributed by atoms with Crippen molar-refractivity contribution >= 4 is 22.8 Å². The first kappa shape index (κ1) is 22.8. The van der Waals surface area contributed by atoms with Crippen molar-refractivity contribution in [3.63, 3.8) is 0 Å². The van der Waals surface area contributed by atoms with Crippen LogP contribution in [0.4, 0.5) is 0 Å². The molecule has 0 amide bonds. The maximum Gasteiger partial charge on any atom is 0.121 e. The van der Waals surface area contributed by atoms with E-state index in [0.29, 0.717) is 6.04 Å². The standard InChI is InChI=1S/C29H33N5S/c1-2-8-26-25(7-1)31-28(32-26)21-34(27-9-3-5-24-6-4-14-30-29(24)27)20-23-12-10-22(11-13-23)19-33-15-17-35-18-16-33/h1-2,4,6-8,10-14,27H,3,5,9,15-21H2,(H,31,32). The Morgan fingerprint density at radius 2 is 1.77 bits per heavy atom. The molecule has 1 N–H and O–H groups in total. The van der Waals surface area contributed by atoms with Crippen LogP contribution in [0.2, 0.25) is 0 Å². The van der Waals surface area contributed by atoms with Gasteiger partial charge in [-0.15, -0.1) is 0 Å². The number of hydrogen-bond acceptors (Lipinski definition) is 5. The molecule has 6 heteroatoms. The summed E-state index contributed by atoms with van der Waals surface area (Å²) in [6.45, 7) is 5.13. The van der Waals surface area contributed by atoms with Crippen LogP contribution in [-0.2, 0) is 26.1 Å². The fourth-order valence-electron chi connectivity index (χ4n) is 5.49. The molecule has 3 heterocycles. The highest BCUT2D eigenvalue weighted by Gasteiger charge is 2.28. The van der Waals surface area contributed by atoms with Crippen molar-refractivity contribution in [3.05, 3.63) is 95.1 Å². The molecular formula is C29H33N5S. The van der Waals surface area contributed by atoms with Gasteiger partial charge in [-0.1, -0.05) is 42.5 Å². The number of rotatable bonds is 7. The molecule has 2 aromatic carbocycles. The van der Waals surface area contributed by atoms with Crippen molar-refractivity contribution in [1.82, 2.24) is 24.8 Å². The lowest BCUT2D eigenvalue weighted by Crippen LogP contribution is -2.32. The molecule has 180 valence electrons. The molecule has 1 unspecified atom stereocenters. The first-order valence-electron chi connectivity index (χ1n) is 12.8. The second kappa shape index (κ2) is 10.5. The largest absolute Gasteiger partial charge is 0.341 e. The van der Waals surface area contributed by atoms with Crippen LogP contribution in [0.1, 0.15) is 47.1 Å². The number of pyridine rings is 1. The smallest absolute Gasteiger partial charge is 0.121 e. The monoisotopic (exact) mass is 483 g/mol. The summed E-state index contributed by atoms with van der Waals surface area (Å²) in [6.07, 6.45) is 5.41. The number of benzene rings is 2. The predicted molar refractivity (Wildman–Crippen MR) is 144 cm³/mol. The molecule has 0 spiro atoms. The van der Waals surface area contributed by atoms with E-state index < -0.39 is 0 Å². The zero-order chi connectivity index (χ0) is 23.5. The van der Waals surface area contributed by atoms with E-state index in [9.17, 15) is 0 Å². The number of fused-ring (bicyclic) bond motifs is 2. The van der Waals surface area contributed by atoms with Gasteiger partial charge < -0.3 is 4.98 Å². The van der Waals surface area contributed by atoms with Gasteiger partial charge in [0, 0.05) is 43.9 Å². The van der Waals surface area contributed by atoms with Gasteiger partial charge in [0.05, 0.1) is 29.3 Å². The van der Waals surface area contributed by atoms with E-state index in [4.69, 9.17) is 9.97 Å². The molecule has 1 fully saturated rings. The number of aryl methyl sites for hydroxylation is 1. The van der Waals surface area contributed by atoms with Gasteiger partial charge in [-0.3, -0.25) is 14.8 Å². The number of aromatic amines is 1. The third-order valence-electron chi connectivity index (χ3n) is 7.32. The van der Waals surface area contributed by atoms with E-state index >= 15 is 0 Å². The van der Waals surface area contributed by atoms with Gasteiger partial charge in [0.1, 0.15) is 5.82 Å². The van der Waals surface area contributed by atoms with Crippen molar-refractivity contribution in [2.75, 3.05) is 24.6 Å². The van der Waals surface area contributed by atoms with Gasteiger partial charge in [-0.2, -0.15) is 11.8 Å². The molecular weight excluding hydrogens is 450 g/mol. The van der Waals surface area contributed by atoms with Crippen molar-refractivity contribution in [2.45, 2.75) is 44.9 Å². The number of thioether (sulfide) groups is 1. The van der Waals surface area contributed by atoms with Crippen LogP contribution >= 0.6 is 11.8 Å². The highest BCUT2D eigenvalue weighted by atomic mass is 32.2. The summed E-state index contributed by atoms with van der Waals surface area (Å²) >= 11 is 2.07. The lowest BCUT2D eigenvalue weighted by Gasteiger charge is -2.34. The van der Waals surface area contributed by atoms with Crippen LogP contribution in [0, 0.1) is 0 Å². The quantitative estimate of drug-likeness (QED) is 0.371. The van der Waals surface area contributed by atoms with Crippen molar-refractivity contribution in [2.24, 2.45) is 0 Å². The molecule has 5 nitrogen and oxygen atoms in total.